The number of hydrogen-bond donors (Lipinski definition) is 0. The van der Waals surface area contributed by atoms with Crippen molar-refractivity contribution in [2.24, 2.45) is 4.99 Å². The van der Waals surface area contributed by atoms with Gasteiger partial charge in [-0.3, -0.25) is 0 Å². The van der Waals surface area contributed by atoms with Crippen LogP contribution in [0.5, 0.6) is 11.5 Å². The van der Waals surface area contributed by atoms with Gasteiger partial charge in [0.15, 0.2) is 11.5 Å². The van der Waals surface area contributed by atoms with Crippen LogP contribution in [0.1, 0.15) is 43.0 Å². The highest BCUT2D eigenvalue weighted by atomic mass is 32.1. The van der Waals surface area contributed by atoms with Crippen LogP contribution in [0.25, 0.3) is 0 Å². The van der Waals surface area contributed by atoms with Gasteiger partial charge >= 0.3 is 5.97 Å². The van der Waals surface area contributed by atoms with Crippen molar-refractivity contribution in [1.82, 2.24) is 0 Å². The molecule has 0 N–H and O–H groups in total. The lowest BCUT2D eigenvalue weighted by molar-refractivity contribution is 0.0527. The average Bonchev–Trinajstić information content (AvgIpc) is 3.40. The Labute approximate surface area is 177 Å². The molecule has 0 atom stereocenters. The first-order valence-corrected chi connectivity index (χ1v) is 11.0. The first kappa shape index (κ1) is 19.7. The lowest BCUT2D eigenvalue weighted by Crippen LogP contribution is -2.07. The molecule has 1 aliphatic heterocycles. The lowest BCUT2D eigenvalue weighted by atomic mass is 10.0. The van der Waals surface area contributed by atoms with Gasteiger partial charge in [0.1, 0.15) is 10.6 Å². The van der Waals surface area contributed by atoms with E-state index in [2.05, 4.69) is 18.0 Å². The van der Waals surface area contributed by atoms with Crippen molar-refractivity contribution in [3.63, 3.8) is 0 Å². The molecule has 1 aliphatic rings. The Bertz CT molecular complexity index is 1080. The van der Waals surface area contributed by atoms with Crippen molar-refractivity contribution in [3.05, 3.63) is 61.7 Å². The number of esters is 1. The molecule has 0 fully saturated rings. The maximum Gasteiger partial charge on any atom is 0.341 e. The molecule has 0 amide bonds. The summed E-state index contributed by atoms with van der Waals surface area (Å²) in [6.45, 7) is 6.46. The molecule has 1 aromatic carbocycles. The van der Waals surface area contributed by atoms with E-state index in [-0.39, 0.29) is 12.8 Å². The highest BCUT2D eigenvalue weighted by molar-refractivity contribution is 7.16. The van der Waals surface area contributed by atoms with Gasteiger partial charge in [-0.1, -0.05) is 6.07 Å². The highest BCUT2D eigenvalue weighted by Crippen LogP contribution is 2.39. The van der Waals surface area contributed by atoms with E-state index in [1.54, 1.807) is 11.3 Å². The molecule has 3 heterocycles. The molecule has 0 unspecified atom stereocenters. The first-order chi connectivity index (χ1) is 14.0. The minimum atomic E-state index is -0.331. The van der Waals surface area contributed by atoms with Crippen molar-refractivity contribution in [3.8, 4) is 11.5 Å². The standard InChI is InChI=1S/C22H21NO4S2/c1-4-25-22(24)20-17(9-15-6-8-18-19(10-15)27-12-26-18)14(3)29-21(20)23-11-16-7-5-13(2)28-16/h5-8,10-11H,4,9,12H2,1-3H3. The highest BCUT2D eigenvalue weighted by Gasteiger charge is 2.24. The van der Waals surface area contributed by atoms with E-state index >= 15 is 0 Å². The summed E-state index contributed by atoms with van der Waals surface area (Å²) >= 11 is 3.19. The zero-order valence-electron chi connectivity index (χ0n) is 16.5. The Hall–Kier alpha value is -2.64. The van der Waals surface area contributed by atoms with Gasteiger partial charge in [-0.05, 0) is 62.6 Å². The molecule has 5 nitrogen and oxygen atoms in total. The van der Waals surface area contributed by atoms with Crippen LogP contribution < -0.4 is 9.47 Å². The van der Waals surface area contributed by atoms with E-state index in [9.17, 15) is 4.79 Å². The third-order valence-corrected chi connectivity index (χ3v) is 6.55. The largest absolute Gasteiger partial charge is 0.462 e. The number of benzene rings is 1. The molecular weight excluding hydrogens is 406 g/mol. The first-order valence-electron chi connectivity index (χ1n) is 9.33. The maximum atomic E-state index is 12.8. The quantitative estimate of drug-likeness (QED) is 0.375. The SMILES string of the molecule is CCOC(=O)c1c(N=Cc2ccc(C)s2)sc(C)c1Cc1ccc2c(c1)OCO2. The van der Waals surface area contributed by atoms with Crippen LogP contribution in [0.2, 0.25) is 0 Å². The molecule has 0 saturated carbocycles. The second-order valence-corrected chi connectivity index (χ2v) is 9.13. The summed E-state index contributed by atoms with van der Waals surface area (Å²) in [5.74, 6) is 1.15. The number of thiophene rings is 2. The maximum absolute atomic E-state index is 12.8. The Kier molecular flexibility index (Phi) is 5.69. The number of fused-ring (bicyclic) bond motifs is 1. The van der Waals surface area contributed by atoms with Crippen molar-refractivity contribution in [2.75, 3.05) is 13.4 Å². The van der Waals surface area contributed by atoms with E-state index in [1.165, 1.54) is 16.2 Å². The number of carbonyl (C=O) groups is 1. The fourth-order valence-electron chi connectivity index (χ4n) is 3.18. The van der Waals surface area contributed by atoms with Gasteiger partial charge in [-0.2, -0.15) is 0 Å². The summed E-state index contributed by atoms with van der Waals surface area (Å²) in [6, 6.07) is 9.95. The van der Waals surface area contributed by atoms with Crippen LogP contribution in [-0.2, 0) is 11.2 Å². The number of rotatable bonds is 6. The van der Waals surface area contributed by atoms with Crippen LogP contribution in [0.15, 0.2) is 35.3 Å². The van der Waals surface area contributed by atoms with Gasteiger partial charge in [0.05, 0.1) is 6.61 Å². The van der Waals surface area contributed by atoms with Gasteiger partial charge in [0.25, 0.3) is 0 Å². The fourth-order valence-corrected chi connectivity index (χ4v) is 4.93. The minimum absolute atomic E-state index is 0.241. The van der Waals surface area contributed by atoms with Crippen LogP contribution in [0.3, 0.4) is 0 Å². The van der Waals surface area contributed by atoms with Crippen molar-refractivity contribution < 1.29 is 19.0 Å². The number of aliphatic imine (C=N–C) groups is 1. The number of nitrogens with zero attached hydrogens (tertiary/aromatic N) is 1. The van der Waals surface area contributed by atoms with Gasteiger partial charge in [-0.25, -0.2) is 9.79 Å². The summed E-state index contributed by atoms with van der Waals surface area (Å²) in [6.07, 6.45) is 2.41. The molecule has 0 radical (unpaired) electrons. The van der Waals surface area contributed by atoms with E-state index in [0.717, 1.165) is 32.4 Å². The molecule has 7 heteroatoms. The number of aryl methyl sites for hydroxylation is 2. The molecule has 2 aromatic heterocycles. The van der Waals surface area contributed by atoms with E-state index in [0.29, 0.717) is 23.6 Å². The monoisotopic (exact) mass is 427 g/mol. The third-order valence-electron chi connectivity index (χ3n) is 4.56. The summed E-state index contributed by atoms with van der Waals surface area (Å²) in [4.78, 5) is 20.7. The normalized spacial score (nSPS) is 12.7. The molecule has 0 spiro atoms. The van der Waals surface area contributed by atoms with Crippen LogP contribution in [-0.4, -0.2) is 25.6 Å². The van der Waals surface area contributed by atoms with Gasteiger partial charge in [-0.15, -0.1) is 22.7 Å². The number of ether oxygens (including phenoxy) is 3. The second-order valence-electron chi connectivity index (χ2n) is 6.61. The van der Waals surface area contributed by atoms with Crippen molar-refractivity contribution in [1.29, 1.82) is 0 Å². The predicted octanol–water partition coefficient (Wildman–Crippen LogP) is 5.67. The summed E-state index contributed by atoms with van der Waals surface area (Å²) in [5, 5.41) is 0.683. The molecule has 3 aromatic rings. The predicted molar refractivity (Wildman–Crippen MR) is 117 cm³/mol. The van der Waals surface area contributed by atoms with Gasteiger partial charge < -0.3 is 14.2 Å². The van der Waals surface area contributed by atoms with Crippen LogP contribution in [0.4, 0.5) is 5.00 Å². The molecule has 0 bridgehead atoms. The fraction of sp³-hybridized carbons (Fsp3) is 0.273. The summed E-state index contributed by atoms with van der Waals surface area (Å²) < 4.78 is 16.2. The van der Waals surface area contributed by atoms with E-state index in [1.807, 2.05) is 44.3 Å². The zero-order valence-corrected chi connectivity index (χ0v) is 18.1. The average molecular weight is 428 g/mol. The van der Waals surface area contributed by atoms with Crippen molar-refractivity contribution in [2.45, 2.75) is 27.2 Å². The Morgan fingerprint density at radius 3 is 2.76 bits per heavy atom. The summed E-state index contributed by atoms with van der Waals surface area (Å²) in [5.41, 5.74) is 2.54. The minimum Gasteiger partial charge on any atom is -0.462 e. The van der Waals surface area contributed by atoms with Gasteiger partial charge in [0.2, 0.25) is 6.79 Å². The molecule has 29 heavy (non-hydrogen) atoms. The lowest BCUT2D eigenvalue weighted by Gasteiger charge is -2.07. The topological polar surface area (TPSA) is 57.1 Å². The Balaban J connectivity index is 1.69. The van der Waals surface area contributed by atoms with E-state index < -0.39 is 0 Å². The van der Waals surface area contributed by atoms with Crippen molar-refractivity contribution >= 4 is 39.9 Å². The van der Waals surface area contributed by atoms with E-state index in [4.69, 9.17) is 14.2 Å². The molecule has 4 rings (SSSR count). The Morgan fingerprint density at radius 1 is 1.17 bits per heavy atom. The number of hydrogen-bond acceptors (Lipinski definition) is 7. The summed E-state index contributed by atoms with van der Waals surface area (Å²) in [7, 11) is 0. The zero-order chi connectivity index (χ0) is 20.4. The van der Waals surface area contributed by atoms with Gasteiger partial charge in [0, 0.05) is 20.8 Å². The van der Waals surface area contributed by atoms with Crippen LogP contribution in [0, 0.1) is 13.8 Å². The molecule has 0 saturated heterocycles. The molecule has 0 aliphatic carbocycles. The Morgan fingerprint density at radius 2 is 2.00 bits per heavy atom. The third kappa shape index (κ3) is 4.21. The number of carbonyl (C=O) groups excluding carboxylic acids is 1. The smallest absolute Gasteiger partial charge is 0.341 e. The molecular formula is C22H21NO4S2. The van der Waals surface area contributed by atoms with Crippen LogP contribution >= 0.6 is 22.7 Å². The molecule has 150 valence electrons. The second kappa shape index (κ2) is 8.39.